The lowest BCUT2D eigenvalue weighted by molar-refractivity contribution is 0.125. The van der Waals surface area contributed by atoms with E-state index in [9.17, 15) is 8.78 Å². The SMILES string of the molecule is CC.CC/C(C)=C(/OC(=N)C1CCCCC1)C(F)F.S. The van der Waals surface area contributed by atoms with Gasteiger partial charge >= 0.3 is 0 Å². The van der Waals surface area contributed by atoms with Crippen LogP contribution in [0.25, 0.3) is 0 Å². The lowest BCUT2D eigenvalue weighted by Crippen LogP contribution is -2.21. The monoisotopic (exact) mass is 309 g/mol. The summed E-state index contributed by atoms with van der Waals surface area (Å²) in [6, 6.07) is 0. The second-order valence-electron chi connectivity index (χ2n) is 4.60. The summed E-state index contributed by atoms with van der Waals surface area (Å²) in [4.78, 5) is 0. The molecule has 1 N–H and O–H groups in total. The number of alkyl halides is 2. The summed E-state index contributed by atoms with van der Waals surface area (Å²) in [5.74, 6) is -0.266. The maximum absolute atomic E-state index is 12.8. The number of allylic oxidation sites excluding steroid dienone is 2. The topological polar surface area (TPSA) is 33.1 Å². The Kier molecular flexibility index (Phi) is 13.2. The first-order chi connectivity index (χ1) is 9.06. The quantitative estimate of drug-likeness (QED) is 0.406. The van der Waals surface area contributed by atoms with Gasteiger partial charge in [-0.1, -0.05) is 40.0 Å². The summed E-state index contributed by atoms with van der Waals surface area (Å²) in [5, 5.41) is 7.79. The van der Waals surface area contributed by atoms with Crippen LogP contribution in [0.1, 0.15) is 66.2 Å². The van der Waals surface area contributed by atoms with E-state index in [1.54, 1.807) is 6.92 Å². The van der Waals surface area contributed by atoms with Gasteiger partial charge in [0.2, 0.25) is 0 Å². The van der Waals surface area contributed by atoms with Crippen LogP contribution in [0.4, 0.5) is 8.78 Å². The molecular formula is C15H29F2NOS. The van der Waals surface area contributed by atoms with Gasteiger partial charge in [-0.25, -0.2) is 8.78 Å². The minimum Gasteiger partial charge on any atom is -0.442 e. The van der Waals surface area contributed by atoms with E-state index in [0.29, 0.717) is 12.0 Å². The van der Waals surface area contributed by atoms with Crippen LogP contribution in [-0.4, -0.2) is 12.3 Å². The third-order valence-electron chi connectivity index (χ3n) is 3.35. The summed E-state index contributed by atoms with van der Waals surface area (Å²) >= 11 is 0. The Morgan fingerprint density at radius 3 is 2.10 bits per heavy atom. The maximum atomic E-state index is 12.8. The van der Waals surface area contributed by atoms with Crippen LogP contribution < -0.4 is 0 Å². The fraction of sp³-hybridized carbons (Fsp3) is 0.800. The highest BCUT2D eigenvalue weighted by atomic mass is 32.1. The van der Waals surface area contributed by atoms with E-state index < -0.39 is 6.43 Å². The summed E-state index contributed by atoms with van der Waals surface area (Å²) < 4.78 is 30.7. The summed E-state index contributed by atoms with van der Waals surface area (Å²) in [6.07, 6.45) is 2.99. The van der Waals surface area contributed by atoms with Crippen molar-refractivity contribution in [1.82, 2.24) is 0 Å². The van der Waals surface area contributed by atoms with Crippen molar-refractivity contribution in [3.63, 3.8) is 0 Å². The Hall–Kier alpha value is -0.580. The molecule has 0 aliphatic heterocycles. The van der Waals surface area contributed by atoms with Crippen molar-refractivity contribution in [2.45, 2.75) is 72.6 Å². The Bertz CT molecular complexity index is 300. The zero-order valence-corrected chi connectivity index (χ0v) is 14.1. The molecule has 0 spiro atoms. The normalized spacial score (nSPS) is 16.6. The van der Waals surface area contributed by atoms with Gasteiger partial charge in [-0.2, -0.15) is 13.5 Å². The molecule has 0 unspecified atom stereocenters. The molecule has 0 amide bonds. The van der Waals surface area contributed by atoms with Crippen molar-refractivity contribution in [1.29, 1.82) is 5.41 Å². The molecule has 2 nitrogen and oxygen atoms in total. The van der Waals surface area contributed by atoms with Crippen molar-refractivity contribution in [2.24, 2.45) is 5.92 Å². The molecule has 120 valence electrons. The summed E-state index contributed by atoms with van der Waals surface area (Å²) in [6.45, 7) is 7.45. The average Bonchev–Trinajstić information content (AvgIpc) is 2.46. The van der Waals surface area contributed by atoms with Crippen LogP contribution in [0, 0.1) is 11.3 Å². The Morgan fingerprint density at radius 2 is 1.70 bits per heavy atom. The van der Waals surface area contributed by atoms with Gasteiger partial charge in [0.05, 0.1) is 0 Å². The minimum absolute atomic E-state index is 0. The third kappa shape index (κ3) is 7.27. The highest BCUT2D eigenvalue weighted by Gasteiger charge is 2.24. The van der Waals surface area contributed by atoms with E-state index in [1.807, 2.05) is 20.8 Å². The molecule has 1 fully saturated rings. The smallest absolute Gasteiger partial charge is 0.295 e. The summed E-state index contributed by atoms with van der Waals surface area (Å²) in [5.41, 5.74) is 0.528. The first-order valence-corrected chi connectivity index (χ1v) is 7.30. The molecule has 0 heterocycles. The van der Waals surface area contributed by atoms with Gasteiger partial charge in [-0.15, -0.1) is 0 Å². The molecule has 0 aromatic rings. The first-order valence-electron chi connectivity index (χ1n) is 7.30. The van der Waals surface area contributed by atoms with Crippen molar-refractivity contribution < 1.29 is 13.5 Å². The molecule has 5 heteroatoms. The number of hydrogen-bond donors (Lipinski definition) is 1. The molecule has 20 heavy (non-hydrogen) atoms. The predicted molar refractivity (Wildman–Crippen MR) is 86.1 cm³/mol. The van der Waals surface area contributed by atoms with E-state index in [2.05, 4.69) is 0 Å². The third-order valence-corrected chi connectivity index (χ3v) is 3.35. The lowest BCUT2D eigenvalue weighted by atomic mass is 9.89. The highest BCUT2D eigenvalue weighted by molar-refractivity contribution is 7.59. The molecule has 0 radical (unpaired) electrons. The molecular weight excluding hydrogens is 280 g/mol. The molecule has 0 saturated heterocycles. The van der Waals surface area contributed by atoms with E-state index >= 15 is 0 Å². The Labute approximate surface area is 128 Å². The van der Waals surface area contributed by atoms with E-state index in [4.69, 9.17) is 10.1 Å². The second kappa shape index (κ2) is 12.2. The largest absolute Gasteiger partial charge is 0.442 e. The van der Waals surface area contributed by atoms with Crippen LogP contribution in [0.5, 0.6) is 0 Å². The van der Waals surface area contributed by atoms with E-state index in [0.717, 1.165) is 25.7 Å². The first kappa shape index (κ1) is 21.7. The summed E-state index contributed by atoms with van der Waals surface area (Å²) in [7, 11) is 0. The molecule has 0 aromatic heterocycles. The molecule has 1 aliphatic carbocycles. The molecule has 0 aromatic carbocycles. The fourth-order valence-corrected chi connectivity index (χ4v) is 2.06. The van der Waals surface area contributed by atoms with E-state index in [-0.39, 0.29) is 31.1 Å². The standard InChI is InChI=1S/C13H21F2NO.C2H6.H2S/c1-3-9(2)11(12(14)15)17-13(16)10-7-5-4-6-8-10;1-2;/h10,12,16H,3-8H2,1-2H3;1-2H3;1H2/b11-9+,16-13?;;. The van der Waals surface area contributed by atoms with Crippen LogP contribution >= 0.6 is 13.5 Å². The van der Waals surface area contributed by atoms with Gasteiger partial charge < -0.3 is 4.74 Å². The van der Waals surface area contributed by atoms with Gasteiger partial charge in [-0.3, -0.25) is 5.41 Å². The van der Waals surface area contributed by atoms with Crippen molar-refractivity contribution in [3.8, 4) is 0 Å². The van der Waals surface area contributed by atoms with Crippen molar-refractivity contribution >= 4 is 19.4 Å². The van der Waals surface area contributed by atoms with Gasteiger partial charge in [0.15, 0.2) is 11.7 Å². The maximum Gasteiger partial charge on any atom is 0.295 e. The van der Waals surface area contributed by atoms with Crippen molar-refractivity contribution in [2.75, 3.05) is 0 Å². The molecule has 0 bridgehead atoms. The average molecular weight is 309 g/mol. The Balaban J connectivity index is 0. The van der Waals surface area contributed by atoms with Crippen LogP contribution in [0.2, 0.25) is 0 Å². The Morgan fingerprint density at radius 1 is 1.20 bits per heavy atom. The minimum atomic E-state index is -2.63. The number of halogens is 2. The van der Waals surface area contributed by atoms with Gasteiger partial charge in [0.25, 0.3) is 6.43 Å². The fourth-order valence-electron chi connectivity index (χ4n) is 2.06. The van der Waals surface area contributed by atoms with Gasteiger partial charge in [0.1, 0.15) is 0 Å². The molecule has 1 aliphatic rings. The number of ether oxygens (including phenoxy) is 1. The van der Waals surface area contributed by atoms with Crippen LogP contribution in [-0.2, 0) is 4.74 Å². The molecule has 0 atom stereocenters. The van der Waals surface area contributed by atoms with E-state index in [1.165, 1.54) is 6.42 Å². The number of nitrogens with one attached hydrogen (secondary N) is 1. The number of rotatable bonds is 4. The lowest BCUT2D eigenvalue weighted by Gasteiger charge is -2.23. The zero-order valence-electron chi connectivity index (χ0n) is 13.1. The highest BCUT2D eigenvalue weighted by Crippen LogP contribution is 2.27. The molecule has 1 saturated carbocycles. The second-order valence-corrected chi connectivity index (χ2v) is 4.60. The van der Waals surface area contributed by atoms with Gasteiger partial charge in [-0.05, 0) is 31.8 Å². The van der Waals surface area contributed by atoms with Gasteiger partial charge in [0, 0.05) is 5.92 Å². The predicted octanol–water partition coefficient (Wildman–Crippen LogP) is 5.65. The van der Waals surface area contributed by atoms with Crippen molar-refractivity contribution in [3.05, 3.63) is 11.3 Å². The zero-order chi connectivity index (χ0) is 14.8. The van der Waals surface area contributed by atoms with Crippen LogP contribution in [0.15, 0.2) is 11.3 Å². The molecule has 1 rings (SSSR count). The van der Waals surface area contributed by atoms with Crippen LogP contribution in [0.3, 0.4) is 0 Å². The number of hydrogen-bond acceptors (Lipinski definition) is 2.